The highest BCUT2D eigenvalue weighted by atomic mass is 35.5. The van der Waals surface area contributed by atoms with E-state index in [9.17, 15) is 4.57 Å². The molecule has 3 rings (SSSR count). The highest BCUT2D eigenvalue weighted by Crippen LogP contribution is 2.50. The van der Waals surface area contributed by atoms with Crippen LogP contribution >= 0.6 is 18.7 Å². The topological polar surface area (TPSA) is 17.1 Å². The summed E-state index contributed by atoms with van der Waals surface area (Å²) in [6.45, 7) is 1.82. The van der Waals surface area contributed by atoms with E-state index < -0.39 is 7.14 Å². The summed E-state index contributed by atoms with van der Waals surface area (Å²) in [4.78, 5) is 0. The summed E-state index contributed by atoms with van der Waals surface area (Å²) in [6, 6.07) is 13.5. The van der Waals surface area contributed by atoms with Crippen LogP contribution in [0.2, 0.25) is 5.02 Å². The summed E-state index contributed by atoms with van der Waals surface area (Å²) in [5.74, 6) is 0. The summed E-state index contributed by atoms with van der Waals surface area (Å²) in [6.07, 6.45) is 0. The van der Waals surface area contributed by atoms with E-state index in [0.29, 0.717) is 5.02 Å². The quantitative estimate of drug-likeness (QED) is 0.654. The second kappa shape index (κ2) is 3.23. The van der Waals surface area contributed by atoms with Gasteiger partial charge in [0.15, 0.2) is 0 Å². The van der Waals surface area contributed by atoms with Crippen molar-refractivity contribution in [3.05, 3.63) is 47.5 Å². The fourth-order valence-electron chi connectivity index (χ4n) is 2.30. The Bertz CT molecular complexity index is 634. The van der Waals surface area contributed by atoms with E-state index in [1.165, 1.54) is 0 Å². The molecule has 0 aromatic heterocycles. The molecule has 3 heteroatoms. The number of rotatable bonds is 0. The van der Waals surface area contributed by atoms with E-state index in [1.807, 2.05) is 49.1 Å². The summed E-state index contributed by atoms with van der Waals surface area (Å²) < 4.78 is 12.7. The lowest BCUT2D eigenvalue weighted by atomic mass is 10.1. The van der Waals surface area contributed by atoms with Gasteiger partial charge < -0.3 is 4.57 Å². The van der Waals surface area contributed by atoms with Crippen LogP contribution in [0.4, 0.5) is 0 Å². The minimum atomic E-state index is -2.40. The van der Waals surface area contributed by atoms with Gasteiger partial charge in [0.05, 0.1) is 0 Å². The molecule has 80 valence electrons. The van der Waals surface area contributed by atoms with Gasteiger partial charge in [0.1, 0.15) is 7.14 Å². The van der Waals surface area contributed by atoms with Crippen LogP contribution in [-0.2, 0) is 4.57 Å². The van der Waals surface area contributed by atoms with E-state index in [1.54, 1.807) is 0 Å². The van der Waals surface area contributed by atoms with Crippen molar-refractivity contribution in [3.8, 4) is 11.1 Å². The van der Waals surface area contributed by atoms with Crippen molar-refractivity contribution in [2.75, 3.05) is 6.66 Å². The lowest BCUT2D eigenvalue weighted by Gasteiger charge is -2.07. The molecule has 1 atom stereocenters. The van der Waals surface area contributed by atoms with E-state index in [2.05, 4.69) is 0 Å². The molecular formula is C13H10ClOP. The van der Waals surface area contributed by atoms with Crippen LogP contribution in [0, 0.1) is 0 Å². The highest BCUT2D eigenvalue weighted by molar-refractivity contribution is 7.79. The van der Waals surface area contributed by atoms with Gasteiger partial charge in [0.2, 0.25) is 0 Å². The van der Waals surface area contributed by atoms with Gasteiger partial charge in [-0.2, -0.15) is 0 Å². The zero-order valence-electron chi connectivity index (χ0n) is 8.77. The first-order valence-electron chi connectivity index (χ1n) is 5.08. The molecule has 16 heavy (non-hydrogen) atoms. The summed E-state index contributed by atoms with van der Waals surface area (Å²) in [5.41, 5.74) is 2.08. The van der Waals surface area contributed by atoms with Crippen LogP contribution in [0.25, 0.3) is 11.1 Å². The molecule has 1 aliphatic heterocycles. The molecular weight excluding hydrogens is 239 g/mol. The van der Waals surface area contributed by atoms with E-state index in [-0.39, 0.29) is 0 Å². The first-order valence-corrected chi connectivity index (χ1v) is 7.61. The first kappa shape index (κ1) is 10.1. The summed E-state index contributed by atoms with van der Waals surface area (Å²) in [7, 11) is -2.40. The Morgan fingerprint density at radius 2 is 1.69 bits per heavy atom. The Morgan fingerprint density at radius 3 is 2.50 bits per heavy atom. The molecule has 1 aliphatic rings. The largest absolute Gasteiger partial charge is 0.314 e. The molecule has 2 aromatic rings. The molecule has 0 saturated heterocycles. The number of hydrogen-bond acceptors (Lipinski definition) is 1. The van der Waals surface area contributed by atoms with Crippen molar-refractivity contribution in [3.63, 3.8) is 0 Å². The second-order valence-electron chi connectivity index (χ2n) is 4.10. The van der Waals surface area contributed by atoms with E-state index in [4.69, 9.17) is 11.6 Å². The van der Waals surface area contributed by atoms with Gasteiger partial charge in [0, 0.05) is 15.6 Å². The van der Waals surface area contributed by atoms with Crippen LogP contribution in [0.15, 0.2) is 42.5 Å². The lowest BCUT2D eigenvalue weighted by Crippen LogP contribution is -2.07. The molecule has 1 unspecified atom stereocenters. The van der Waals surface area contributed by atoms with Crippen molar-refractivity contribution in [1.82, 2.24) is 0 Å². The van der Waals surface area contributed by atoms with Crippen LogP contribution in [-0.4, -0.2) is 6.66 Å². The van der Waals surface area contributed by atoms with Gasteiger partial charge in [0.25, 0.3) is 0 Å². The summed E-state index contributed by atoms with van der Waals surface area (Å²) >= 11 is 5.99. The Kier molecular flexibility index (Phi) is 2.04. The standard InChI is InChI=1S/C13H10ClOP/c1-16(15)12-5-3-2-4-10(12)11-8-9(14)6-7-13(11)16/h2-8H,1H3. The average molecular weight is 249 g/mol. The molecule has 0 spiro atoms. The van der Waals surface area contributed by atoms with Gasteiger partial charge in [-0.05, 0) is 36.0 Å². The fourth-order valence-corrected chi connectivity index (χ4v) is 4.76. The van der Waals surface area contributed by atoms with Gasteiger partial charge >= 0.3 is 0 Å². The monoisotopic (exact) mass is 248 g/mol. The van der Waals surface area contributed by atoms with Crippen LogP contribution < -0.4 is 10.6 Å². The first-order chi connectivity index (χ1) is 7.60. The highest BCUT2D eigenvalue weighted by Gasteiger charge is 2.34. The molecule has 0 amide bonds. The zero-order chi connectivity index (χ0) is 11.3. The van der Waals surface area contributed by atoms with E-state index >= 15 is 0 Å². The summed E-state index contributed by atoms with van der Waals surface area (Å²) in [5, 5.41) is 2.57. The van der Waals surface area contributed by atoms with Crippen molar-refractivity contribution < 1.29 is 4.57 Å². The lowest BCUT2D eigenvalue weighted by molar-refractivity contribution is 0.591. The molecule has 0 radical (unpaired) electrons. The SMILES string of the molecule is CP1(=O)c2ccccc2-c2cc(Cl)ccc21. The normalized spacial score (nSPS) is 21.6. The van der Waals surface area contributed by atoms with Gasteiger partial charge in [-0.15, -0.1) is 0 Å². The smallest absolute Gasteiger partial charge is 0.141 e. The molecule has 1 nitrogen and oxygen atoms in total. The number of hydrogen-bond donors (Lipinski definition) is 0. The van der Waals surface area contributed by atoms with E-state index in [0.717, 1.165) is 21.7 Å². The van der Waals surface area contributed by atoms with Crippen molar-refractivity contribution >= 4 is 29.4 Å². The van der Waals surface area contributed by atoms with Gasteiger partial charge in [-0.1, -0.05) is 35.9 Å². The van der Waals surface area contributed by atoms with Gasteiger partial charge in [-0.3, -0.25) is 0 Å². The Labute approximate surface area is 99.4 Å². The third-order valence-corrected chi connectivity index (χ3v) is 5.93. The molecule has 1 heterocycles. The molecule has 0 saturated carbocycles. The molecule has 0 aliphatic carbocycles. The fraction of sp³-hybridized carbons (Fsp3) is 0.0769. The number of fused-ring (bicyclic) bond motifs is 3. The van der Waals surface area contributed by atoms with Crippen LogP contribution in [0.3, 0.4) is 0 Å². The number of benzene rings is 2. The minimum absolute atomic E-state index is 0.690. The molecule has 0 fully saturated rings. The minimum Gasteiger partial charge on any atom is -0.314 e. The maximum atomic E-state index is 12.7. The Morgan fingerprint density at radius 1 is 1.00 bits per heavy atom. The maximum Gasteiger partial charge on any atom is 0.141 e. The third-order valence-electron chi connectivity index (χ3n) is 3.07. The molecule has 2 aromatic carbocycles. The maximum absolute atomic E-state index is 12.7. The van der Waals surface area contributed by atoms with Crippen molar-refractivity contribution in [1.29, 1.82) is 0 Å². The Hall–Kier alpha value is -1.04. The zero-order valence-corrected chi connectivity index (χ0v) is 10.4. The average Bonchev–Trinajstić information content (AvgIpc) is 2.49. The van der Waals surface area contributed by atoms with Crippen LogP contribution in [0.1, 0.15) is 0 Å². The molecule has 0 bridgehead atoms. The van der Waals surface area contributed by atoms with Crippen LogP contribution in [0.5, 0.6) is 0 Å². The van der Waals surface area contributed by atoms with Gasteiger partial charge in [-0.25, -0.2) is 0 Å². The third kappa shape index (κ3) is 1.22. The predicted octanol–water partition coefficient (Wildman–Crippen LogP) is 3.26. The number of halogens is 1. The second-order valence-corrected chi connectivity index (χ2v) is 7.35. The predicted molar refractivity (Wildman–Crippen MR) is 69.7 cm³/mol. The molecule has 0 N–H and O–H groups in total. The Balaban J connectivity index is 2.45. The van der Waals surface area contributed by atoms with Crippen molar-refractivity contribution in [2.24, 2.45) is 0 Å². The van der Waals surface area contributed by atoms with Crippen molar-refractivity contribution in [2.45, 2.75) is 0 Å².